The fourth-order valence-electron chi connectivity index (χ4n) is 1.90. The number of hydrogen-bond acceptors (Lipinski definition) is 6. The molecular formula is C13H26N6. The molecule has 1 aromatic heterocycles. The summed E-state index contributed by atoms with van der Waals surface area (Å²) >= 11 is 0. The Morgan fingerprint density at radius 2 is 1.74 bits per heavy atom. The van der Waals surface area contributed by atoms with Gasteiger partial charge in [-0.15, -0.1) is 0 Å². The van der Waals surface area contributed by atoms with E-state index in [2.05, 4.69) is 60.5 Å². The first-order valence-electron chi connectivity index (χ1n) is 6.61. The Hall–Kier alpha value is -1.40. The summed E-state index contributed by atoms with van der Waals surface area (Å²) in [4.78, 5) is 11.2. The number of likely N-dealkylation sites (N-methyl/N-ethyl adjacent to an activating group) is 1. The minimum Gasteiger partial charge on any atom is -0.366 e. The quantitative estimate of drug-likeness (QED) is 0.535. The van der Waals surface area contributed by atoms with Crippen LogP contribution in [-0.4, -0.2) is 41.5 Å². The molecule has 6 nitrogen and oxygen atoms in total. The molecule has 19 heavy (non-hydrogen) atoms. The molecule has 0 radical (unpaired) electrons. The topological polar surface area (TPSA) is 79.1 Å². The van der Waals surface area contributed by atoms with Crippen LogP contribution in [-0.2, 0) is 0 Å². The minimum absolute atomic E-state index is 0.261. The van der Waals surface area contributed by atoms with Crippen LogP contribution in [0.3, 0.4) is 0 Å². The van der Waals surface area contributed by atoms with E-state index >= 15 is 0 Å². The van der Waals surface area contributed by atoms with E-state index in [0.717, 1.165) is 23.8 Å². The van der Waals surface area contributed by atoms with Crippen molar-refractivity contribution >= 4 is 11.6 Å². The van der Waals surface area contributed by atoms with Crippen LogP contribution in [0, 0.1) is 6.92 Å². The highest BCUT2D eigenvalue weighted by Crippen LogP contribution is 2.22. The third-order valence-corrected chi connectivity index (χ3v) is 2.84. The molecule has 0 saturated heterocycles. The van der Waals surface area contributed by atoms with Crippen LogP contribution in [0.25, 0.3) is 0 Å². The van der Waals surface area contributed by atoms with Gasteiger partial charge in [-0.2, -0.15) is 0 Å². The number of hydrogen-bond donors (Lipinski definition) is 3. The second kappa shape index (κ2) is 6.68. The second-order valence-electron chi connectivity index (χ2n) is 5.51. The van der Waals surface area contributed by atoms with Crippen molar-refractivity contribution in [3.8, 4) is 0 Å². The summed E-state index contributed by atoms with van der Waals surface area (Å²) in [5.74, 6) is 8.10. The van der Waals surface area contributed by atoms with E-state index < -0.39 is 0 Å². The van der Waals surface area contributed by atoms with Gasteiger partial charge in [-0.05, 0) is 27.9 Å². The van der Waals surface area contributed by atoms with Crippen LogP contribution in [0.4, 0.5) is 11.6 Å². The molecule has 1 atom stereocenters. The summed E-state index contributed by atoms with van der Waals surface area (Å²) < 4.78 is 0. The Morgan fingerprint density at radius 3 is 2.21 bits per heavy atom. The molecule has 4 N–H and O–H groups in total. The van der Waals surface area contributed by atoms with Gasteiger partial charge in [0, 0.05) is 24.1 Å². The van der Waals surface area contributed by atoms with Gasteiger partial charge in [-0.1, -0.05) is 13.8 Å². The van der Waals surface area contributed by atoms with Gasteiger partial charge >= 0.3 is 0 Å². The van der Waals surface area contributed by atoms with Gasteiger partial charge in [0.05, 0.1) is 0 Å². The minimum atomic E-state index is 0.261. The number of nitrogens with one attached hydrogen (secondary N) is 2. The van der Waals surface area contributed by atoms with E-state index in [1.165, 1.54) is 0 Å². The maximum Gasteiger partial charge on any atom is 0.148 e. The fourth-order valence-corrected chi connectivity index (χ4v) is 1.90. The van der Waals surface area contributed by atoms with Crippen molar-refractivity contribution in [2.75, 3.05) is 31.4 Å². The van der Waals surface area contributed by atoms with Crippen molar-refractivity contribution in [1.29, 1.82) is 0 Å². The van der Waals surface area contributed by atoms with Crippen LogP contribution in [0.15, 0.2) is 0 Å². The molecule has 0 aliphatic carbocycles. The van der Waals surface area contributed by atoms with Gasteiger partial charge in [0.15, 0.2) is 0 Å². The molecule has 1 rings (SSSR count). The first-order valence-corrected chi connectivity index (χ1v) is 6.61. The molecule has 0 fully saturated rings. The van der Waals surface area contributed by atoms with E-state index in [4.69, 9.17) is 5.84 Å². The van der Waals surface area contributed by atoms with Crippen molar-refractivity contribution in [2.24, 2.45) is 5.84 Å². The Kier molecular flexibility index (Phi) is 5.50. The first kappa shape index (κ1) is 15.7. The van der Waals surface area contributed by atoms with Crippen LogP contribution < -0.4 is 16.6 Å². The number of hydrazine groups is 1. The zero-order valence-electron chi connectivity index (χ0n) is 12.8. The Balaban J connectivity index is 3.01. The van der Waals surface area contributed by atoms with Gasteiger partial charge in [0.1, 0.15) is 17.5 Å². The average molecular weight is 266 g/mol. The summed E-state index contributed by atoms with van der Waals surface area (Å²) in [6.45, 7) is 9.16. The molecule has 6 heteroatoms. The Labute approximate surface area is 115 Å². The zero-order chi connectivity index (χ0) is 14.6. The number of aromatic nitrogens is 2. The van der Waals surface area contributed by atoms with E-state index in [9.17, 15) is 0 Å². The van der Waals surface area contributed by atoms with Crippen LogP contribution in [0.1, 0.15) is 38.1 Å². The standard InChI is InChI=1S/C13H26N6/c1-8(2)11-16-12(10(4)13(17-11)18-14)15-9(3)7-19(5)6/h8-9H,7,14H2,1-6H3,(H2,15,16,17,18). The third-order valence-electron chi connectivity index (χ3n) is 2.84. The third kappa shape index (κ3) is 4.33. The lowest BCUT2D eigenvalue weighted by molar-refractivity contribution is 0.391. The summed E-state index contributed by atoms with van der Waals surface area (Å²) in [6, 6.07) is 0.300. The average Bonchev–Trinajstić information content (AvgIpc) is 2.30. The predicted molar refractivity (Wildman–Crippen MR) is 80.3 cm³/mol. The largest absolute Gasteiger partial charge is 0.366 e. The molecule has 0 bridgehead atoms. The number of anilines is 2. The summed E-state index contributed by atoms with van der Waals surface area (Å²) in [7, 11) is 4.11. The number of nitrogen functional groups attached to an aromatic ring is 1. The van der Waals surface area contributed by atoms with Crippen molar-refractivity contribution in [1.82, 2.24) is 14.9 Å². The summed E-state index contributed by atoms with van der Waals surface area (Å²) in [6.07, 6.45) is 0. The van der Waals surface area contributed by atoms with Gasteiger partial charge in [-0.3, -0.25) is 0 Å². The molecule has 0 spiro atoms. The Morgan fingerprint density at radius 1 is 1.16 bits per heavy atom. The molecule has 0 aromatic carbocycles. The van der Waals surface area contributed by atoms with Crippen LogP contribution in [0.2, 0.25) is 0 Å². The van der Waals surface area contributed by atoms with Crippen molar-refractivity contribution in [3.05, 3.63) is 11.4 Å². The summed E-state index contributed by atoms with van der Waals surface area (Å²) in [5.41, 5.74) is 3.59. The lowest BCUT2D eigenvalue weighted by Crippen LogP contribution is -2.30. The van der Waals surface area contributed by atoms with Gasteiger partial charge in [0.2, 0.25) is 0 Å². The second-order valence-corrected chi connectivity index (χ2v) is 5.51. The Bertz CT molecular complexity index is 416. The van der Waals surface area contributed by atoms with Crippen LogP contribution >= 0.6 is 0 Å². The molecule has 1 aromatic rings. The molecule has 0 aliphatic rings. The molecule has 1 heterocycles. The van der Waals surface area contributed by atoms with Crippen molar-refractivity contribution in [2.45, 2.75) is 39.7 Å². The monoisotopic (exact) mass is 266 g/mol. The maximum atomic E-state index is 5.52. The molecule has 0 amide bonds. The SMILES string of the molecule is Cc1c(NN)nc(C(C)C)nc1NC(C)CN(C)C. The first-order chi connectivity index (χ1) is 8.85. The highest BCUT2D eigenvalue weighted by atomic mass is 15.3. The fraction of sp³-hybridized carbons (Fsp3) is 0.692. The molecule has 1 unspecified atom stereocenters. The van der Waals surface area contributed by atoms with E-state index in [1.54, 1.807) is 0 Å². The smallest absolute Gasteiger partial charge is 0.148 e. The van der Waals surface area contributed by atoms with E-state index in [1.807, 2.05) is 6.92 Å². The lowest BCUT2D eigenvalue weighted by atomic mass is 10.2. The van der Waals surface area contributed by atoms with E-state index in [-0.39, 0.29) is 5.92 Å². The van der Waals surface area contributed by atoms with Gasteiger partial charge in [0.25, 0.3) is 0 Å². The predicted octanol–water partition coefficient (Wildman–Crippen LogP) is 1.56. The zero-order valence-corrected chi connectivity index (χ0v) is 12.8. The highest BCUT2D eigenvalue weighted by molar-refractivity contribution is 5.57. The molecular weight excluding hydrogens is 240 g/mol. The number of rotatable bonds is 6. The van der Waals surface area contributed by atoms with Gasteiger partial charge in [-0.25, -0.2) is 15.8 Å². The molecule has 0 saturated carbocycles. The molecule has 0 aliphatic heterocycles. The van der Waals surface area contributed by atoms with Crippen molar-refractivity contribution < 1.29 is 0 Å². The highest BCUT2D eigenvalue weighted by Gasteiger charge is 2.14. The number of nitrogens with two attached hydrogens (primary N) is 1. The van der Waals surface area contributed by atoms with Gasteiger partial charge < -0.3 is 15.6 Å². The lowest BCUT2D eigenvalue weighted by Gasteiger charge is -2.21. The summed E-state index contributed by atoms with van der Waals surface area (Å²) in [5, 5.41) is 3.42. The normalized spacial score (nSPS) is 12.9. The number of nitrogens with zero attached hydrogens (tertiary/aromatic N) is 3. The van der Waals surface area contributed by atoms with Crippen LogP contribution in [0.5, 0.6) is 0 Å². The van der Waals surface area contributed by atoms with Crippen molar-refractivity contribution in [3.63, 3.8) is 0 Å². The molecule has 108 valence electrons. The maximum absolute atomic E-state index is 5.52. The van der Waals surface area contributed by atoms with E-state index in [0.29, 0.717) is 11.9 Å².